The first-order valence-electron chi connectivity index (χ1n) is 6.13. The highest BCUT2D eigenvalue weighted by Gasteiger charge is 2.10. The largest absolute Gasteiger partial charge is 0.391 e. The predicted molar refractivity (Wildman–Crippen MR) is 73.1 cm³/mol. The van der Waals surface area contributed by atoms with Gasteiger partial charge in [-0.15, -0.1) is 0 Å². The molecule has 0 saturated carbocycles. The first-order chi connectivity index (χ1) is 8.45. The van der Waals surface area contributed by atoms with Gasteiger partial charge in [-0.1, -0.05) is 32.4 Å². The summed E-state index contributed by atoms with van der Waals surface area (Å²) in [7, 11) is 0. The summed E-state index contributed by atoms with van der Waals surface area (Å²) in [5, 5.41) is 16.5. The van der Waals surface area contributed by atoms with E-state index in [4.69, 9.17) is 11.6 Å². The molecule has 2 N–H and O–H groups in total. The zero-order valence-corrected chi connectivity index (χ0v) is 11.7. The summed E-state index contributed by atoms with van der Waals surface area (Å²) >= 11 is 5.99. The molecule has 0 aliphatic heterocycles. The minimum absolute atomic E-state index is 0.119. The molecule has 18 heavy (non-hydrogen) atoms. The minimum Gasteiger partial charge on any atom is -0.391 e. The number of aliphatic hydroxyl groups is 1. The van der Waals surface area contributed by atoms with Crippen LogP contribution >= 0.6 is 11.6 Å². The molecule has 5 nitrogen and oxygen atoms in total. The molecule has 1 aromatic rings. The van der Waals surface area contributed by atoms with Gasteiger partial charge < -0.3 is 10.4 Å². The van der Waals surface area contributed by atoms with E-state index in [1.165, 1.54) is 10.9 Å². The van der Waals surface area contributed by atoms with Crippen molar-refractivity contribution in [1.29, 1.82) is 0 Å². The number of hydrogen-bond acceptors (Lipinski definition) is 4. The van der Waals surface area contributed by atoms with Crippen LogP contribution in [-0.4, -0.2) is 27.5 Å². The van der Waals surface area contributed by atoms with Crippen LogP contribution in [0.1, 0.15) is 27.2 Å². The smallest absolute Gasteiger partial charge is 0.287 e. The quantitative estimate of drug-likeness (QED) is 0.828. The number of nitrogens with one attached hydrogen (secondary N) is 1. The normalized spacial score (nSPS) is 12.8. The first kappa shape index (κ1) is 15.0. The summed E-state index contributed by atoms with van der Waals surface area (Å²) in [6.07, 6.45) is 1.70. The highest BCUT2D eigenvalue weighted by atomic mass is 35.5. The zero-order chi connectivity index (χ0) is 13.7. The highest BCUT2D eigenvalue weighted by Crippen LogP contribution is 2.15. The van der Waals surface area contributed by atoms with Crippen LogP contribution < -0.4 is 10.9 Å². The topological polar surface area (TPSA) is 67.2 Å². The van der Waals surface area contributed by atoms with Crippen molar-refractivity contribution in [2.45, 2.75) is 39.8 Å². The van der Waals surface area contributed by atoms with Gasteiger partial charge in [-0.3, -0.25) is 4.79 Å². The molecule has 1 rings (SSSR count). The SMILES string of the molecule is CCC(O)CNc1cnn(CC(C)C)c(=O)c1Cl. The lowest BCUT2D eigenvalue weighted by molar-refractivity contribution is 0.183. The van der Waals surface area contributed by atoms with Crippen LogP contribution in [0.3, 0.4) is 0 Å². The van der Waals surface area contributed by atoms with Crippen molar-refractivity contribution in [1.82, 2.24) is 9.78 Å². The molecular formula is C12H20ClN3O2. The van der Waals surface area contributed by atoms with Crippen LogP contribution in [0.25, 0.3) is 0 Å². The van der Waals surface area contributed by atoms with Crippen molar-refractivity contribution < 1.29 is 5.11 Å². The number of anilines is 1. The molecule has 0 spiro atoms. The maximum absolute atomic E-state index is 11.9. The molecule has 0 fully saturated rings. The minimum atomic E-state index is -0.459. The van der Waals surface area contributed by atoms with E-state index in [9.17, 15) is 9.90 Å². The van der Waals surface area contributed by atoms with E-state index in [0.29, 0.717) is 31.1 Å². The molecular weight excluding hydrogens is 254 g/mol. The van der Waals surface area contributed by atoms with Crippen LogP contribution in [-0.2, 0) is 6.54 Å². The number of aromatic nitrogens is 2. The maximum Gasteiger partial charge on any atom is 0.287 e. The second-order valence-corrected chi connectivity index (χ2v) is 5.07. The molecule has 0 bridgehead atoms. The van der Waals surface area contributed by atoms with E-state index < -0.39 is 6.10 Å². The lowest BCUT2D eigenvalue weighted by Gasteiger charge is -2.13. The van der Waals surface area contributed by atoms with Crippen molar-refractivity contribution in [2.24, 2.45) is 5.92 Å². The molecule has 0 aromatic carbocycles. The lowest BCUT2D eigenvalue weighted by atomic mass is 10.2. The summed E-state index contributed by atoms with van der Waals surface area (Å²) in [5.74, 6) is 0.326. The summed E-state index contributed by atoms with van der Waals surface area (Å²) in [6.45, 7) is 6.78. The molecule has 6 heteroatoms. The third-order valence-corrected chi connectivity index (χ3v) is 2.89. The molecule has 0 amide bonds. The third kappa shape index (κ3) is 3.99. The molecule has 0 saturated heterocycles. The molecule has 0 aliphatic rings. The molecule has 1 aromatic heterocycles. The Labute approximate surface area is 112 Å². The fourth-order valence-electron chi connectivity index (χ4n) is 1.44. The van der Waals surface area contributed by atoms with Crippen LogP contribution in [0.2, 0.25) is 5.02 Å². The van der Waals surface area contributed by atoms with E-state index in [0.717, 1.165) is 0 Å². The molecule has 1 unspecified atom stereocenters. The van der Waals surface area contributed by atoms with Gasteiger partial charge >= 0.3 is 0 Å². The Morgan fingerprint density at radius 3 is 2.78 bits per heavy atom. The Hall–Kier alpha value is -1.07. The molecule has 1 heterocycles. The summed E-state index contributed by atoms with van der Waals surface area (Å²) in [5.41, 5.74) is 0.163. The lowest BCUT2D eigenvalue weighted by Crippen LogP contribution is -2.27. The maximum atomic E-state index is 11.9. The standard InChI is InChI=1S/C12H20ClN3O2/c1-4-9(17)5-14-10-6-15-16(7-8(2)3)12(18)11(10)13/h6,8-9,14,17H,4-5,7H2,1-3H3. The van der Waals surface area contributed by atoms with Gasteiger partial charge in [0.25, 0.3) is 5.56 Å². The second-order valence-electron chi connectivity index (χ2n) is 4.70. The molecule has 1 atom stereocenters. The van der Waals surface area contributed by atoms with Crippen molar-refractivity contribution >= 4 is 17.3 Å². The first-order valence-corrected chi connectivity index (χ1v) is 6.51. The molecule has 0 aliphatic carbocycles. The van der Waals surface area contributed by atoms with Crippen LogP contribution in [0.5, 0.6) is 0 Å². The van der Waals surface area contributed by atoms with Gasteiger partial charge in [0.15, 0.2) is 0 Å². The third-order valence-electron chi connectivity index (χ3n) is 2.52. The summed E-state index contributed by atoms with van der Waals surface area (Å²) < 4.78 is 1.36. The van der Waals surface area contributed by atoms with E-state index >= 15 is 0 Å². The van der Waals surface area contributed by atoms with Crippen molar-refractivity contribution in [3.05, 3.63) is 21.6 Å². The Kier molecular flexibility index (Phi) is 5.62. The number of nitrogens with zero attached hydrogens (tertiary/aromatic N) is 2. The van der Waals surface area contributed by atoms with Crippen molar-refractivity contribution in [3.63, 3.8) is 0 Å². The summed E-state index contributed by atoms with van der Waals surface area (Å²) in [6, 6.07) is 0. The average Bonchev–Trinajstić information content (AvgIpc) is 2.33. The Morgan fingerprint density at radius 2 is 2.22 bits per heavy atom. The fraction of sp³-hybridized carbons (Fsp3) is 0.667. The van der Waals surface area contributed by atoms with Crippen molar-refractivity contribution in [3.8, 4) is 0 Å². The number of hydrogen-bond donors (Lipinski definition) is 2. The fourth-order valence-corrected chi connectivity index (χ4v) is 1.65. The Bertz CT molecular complexity index is 445. The number of halogens is 1. The number of rotatable bonds is 6. The van der Waals surface area contributed by atoms with Crippen LogP contribution in [0.4, 0.5) is 5.69 Å². The van der Waals surface area contributed by atoms with E-state index in [1.807, 2.05) is 20.8 Å². The van der Waals surface area contributed by atoms with Gasteiger partial charge in [0.1, 0.15) is 5.02 Å². The van der Waals surface area contributed by atoms with Gasteiger partial charge in [0, 0.05) is 13.1 Å². The van der Waals surface area contributed by atoms with E-state index in [1.54, 1.807) is 0 Å². The van der Waals surface area contributed by atoms with Gasteiger partial charge in [-0.2, -0.15) is 5.10 Å². The average molecular weight is 274 g/mol. The number of aliphatic hydroxyl groups excluding tert-OH is 1. The van der Waals surface area contributed by atoms with Crippen LogP contribution in [0, 0.1) is 5.92 Å². The van der Waals surface area contributed by atoms with Gasteiger partial charge in [0.05, 0.1) is 18.0 Å². The van der Waals surface area contributed by atoms with Crippen molar-refractivity contribution in [2.75, 3.05) is 11.9 Å². The van der Waals surface area contributed by atoms with E-state index in [-0.39, 0.29) is 10.6 Å². The molecule has 0 radical (unpaired) electrons. The highest BCUT2D eigenvalue weighted by molar-refractivity contribution is 6.32. The van der Waals surface area contributed by atoms with E-state index in [2.05, 4.69) is 10.4 Å². The Balaban J connectivity index is 2.84. The van der Waals surface area contributed by atoms with Gasteiger partial charge in [0.2, 0.25) is 0 Å². The predicted octanol–water partition coefficient (Wildman–Crippen LogP) is 1.74. The van der Waals surface area contributed by atoms with Gasteiger partial charge in [-0.25, -0.2) is 4.68 Å². The van der Waals surface area contributed by atoms with Crippen LogP contribution in [0.15, 0.2) is 11.0 Å². The Morgan fingerprint density at radius 1 is 1.56 bits per heavy atom. The van der Waals surface area contributed by atoms with Gasteiger partial charge in [-0.05, 0) is 12.3 Å². The summed E-state index contributed by atoms with van der Waals surface area (Å²) in [4.78, 5) is 11.9. The monoisotopic (exact) mass is 273 g/mol. The second kappa shape index (κ2) is 6.75. The molecule has 102 valence electrons. The zero-order valence-electron chi connectivity index (χ0n) is 11.0.